The number of hydrogen-bond acceptors (Lipinski definition) is 3. The molecular weight excluding hydrogens is 222 g/mol. The van der Waals surface area contributed by atoms with Crippen LogP contribution in [-0.4, -0.2) is 9.97 Å². The van der Waals surface area contributed by atoms with Gasteiger partial charge in [-0.15, -0.1) is 0 Å². The van der Waals surface area contributed by atoms with Gasteiger partial charge in [0, 0.05) is 11.6 Å². The van der Waals surface area contributed by atoms with Crippen molar-refractivity contribution >= 4 is 10.9 Å². The number of nitriles is 1. The highest BCUT2D eigenvalue weighted by Crippen LogP contribution is 2.19. The molecule has 2 aromatic heterocycles. The predicted octanol–water partition coefficient (Wildman–Crippen LogP) is 3.17. The lowest BCUT2D eigenvalue weighted by molar-refractivity contribution is 1.27. The van der Waals surface area contributed by atoms with Crippen molar-refractivity contribution in [2.24, 2.45) is 0 Å². The molecule has 3 aromatic rings. The molecule has 0 N–H and O–H groups in total. The van der Waals surface area contributed by atoms with Gasteiger partial charge in [0.15, 0.2) is 0 Å². The van der Waals surface area contributed by atoms with Crippen LogP contribution in [0.3, 0.4) is 0 Å². The van der Waals surface area contributed by atoms with E-state index in [1.807, 2.05) is 36.4 Å². The second-order valence-electron chi connectivity index (χ2n) is 3.93. The summed E-state index contributed by atoms with van der Waals surface area (Å²) >= 11 is 0. The van der Waals surface area contributed by atoms with E-state index < -0.39 is 0 Å². The van der Waals surface area contributed by atoms with Gasteiger partial charge >= 0.3 is 0 Å². The summed E-state index contributed by atoms with van der Waals surface area (Å²) in [6.45, 7) is 0. The number of hydrogen-bond donors (Lipinski definition) is 0. The van der Waals surface area contributed by atoms with Crippen molar-refractivity contribution in [3.8, 4) is 17.5 Å². The first-order chi connectivity index (χ1) is 8.86. The van der Waals surface area contributed by atoms with Crippen molar-refractivity contribution in [1.82, 2.24) is 9.97 Å². The monoisotopic (exact) mass is 231 g/mol. The lowest BCUT2D eigenvalue weighted by Gasteiger charge is -2.02. The van der Waals surface area contributed by atoms with E-state index in [1.54, 1.807) is 18.3 Å². The first kappa shape index (κ1) is 10.4. The van der Waals surface area contributed by atoms with Crippen LogP contribution in [0.1, 0.15) is 5.56 Å². The van der Waals surface area contributed by atoms with Crippen LogP contribution in [0.2, 0.25) is 0 Å². The number of fused-ring (bicyclic) bond motifs is 1. The molecule has 0 fully saturated rings. The average Bonchev–Trinajstić information content (AvgIpc) is 2.47. The van der Waals surface area contributed by atoms with Gasteiger partial charge in [0.25, 0.3) is 0 Å². The zero-order valence-corrected chi connectivity index (χ0v) is 9.54. The fourth-order valence-corrected chi connectivity index (χ4v) is 1.85. The van der Waals surface area contributed by atoms with Crippen LogP contribution >= 0.6 is 0 Å². The minimum Gasteiger partial charge on any atom is -0.255 e. The topological polar surface area (TPSA) is 49.6 Å². The first-order valence-corrected chi connectivity index (χ1v) is 5.59. The van der Waals surface area contributed by atoms with E-state index in [9.17, 15) is 0 Å². The molecular formula is C15H9N3. The van der Waals surface area contributed by atoms with Crippen LogP contribution in [0.25, 0.3) is 22.3 Å². The van der Waals surface area contributed by atoms with Crippen molar-refractivity contribution < 1.29 is 0 Å². The van der Waals surface area contributed by atoms with Gasteiger partial charge in [0.05, 0.1) is 28.5 Å². The molecule has 0 aliphatic carbocycles. The summed E-state index contributed by atoms with van der Waals surface area (Å²) in [5.74, 6) is 0. The molecule has 0 bridgehead atoms. The predicted molar refractivity (Wildman–Crippen MR) is 69.7 cm³/mol. The van der Waals surface area contributed by atoms with Gasteiger partial charge in [0.2, 0.25) is 0 Å². The fourth-order valence-electron chi connectivity index (χ4n) is 1.85. The van der Waals surface area contributed by atoms with E-state index in [0.717, 1.165) is 22.3 Å². The van der Waals surface area contributed by atoms with Crippen LogP contribution in [-0.2, 0) is 0 Å². The standard InChI is InChI=1S/C15H9N3/c16-10-11-7-8-17-15(9-11)14-6-5-12-3-1-2-4-13(12)18-14/h1-9H. The molecule has 1 aromatic carbocycles. The summed E-state index contributed by atoms with van der Waals surface area (Å²) in [6.07, 6.45) is 1.63. The number of aromatic nitrogens is 2. The molecule has 0 unspecified atom stereocenters. The Kier molecular flexibility index (Phi) is 2.47. The molecule has 18 heavy (non-hydrogen) atoms. The Labute approximate surface area is 104 Å². The second kappa shape index (κ2) is 4.27. The Balaban J connectivity index is 2.16. The highest BCUT2D eigenvalue weighted by Gasteiger charge is 2.03. The molecule has 0 aliphatic rings. The summed E-state index contributed by atoms with van der Waals surface area (Å²) in [5, 5.41) is 9.98. The third-order valence-corrected chi connectivity index (χ3v) is 2.75. The molecule has 0 radical (unpaired) electrons. The lowest BCUT2D eigenvalue weighted by Crippen LogP contribution is -1.89. The van der Waals surface area contributed by atoms with Gasteiger partial charge < -0.3 is 0 Å². The number of pyridine rings is 2. The summed E-state index contributed by atoms with van der Waals surface area (Å²) < 4.78 is 0. The minimum atomic E-state index is 0.593. The largest absolute Gasteiger partial charge is 0.255 e. The molecule has 0 spiro atoms. The Hall–Kier alpha value is -2.73. The number of rotatable bonds is 1. The molecule has 0 atom stereocenters. The van der Waals surface area contributed by atoms with Crippen molar-refractivity contribution in [3.05, 3.63) is 60.3 Å². The average molecular weight is 231 g/mol. The second-order valence-corrected chi connectivity index (χ2v) is 3.93. The van der Waals surface area contributed by atoms with Crippen molar-refractivity contribution in [1.29, 1.82) is 5.26 Å². The van der Waals surface area contributed by atoms with Gasteiger partial charge in [0.1, 0.15) is 0 Å². The highest BCUT2D eigenvalue weighted by molar-refractivity contribution is 5.81. The Bertz CT molecular complexity index is 757. The van der Waals surface area contributed by atoms with Crippen LogP contribution in [0.15, 0.2) is 54.7 Å². The summed E-state index contributed by atoms with van der Waals surface area (Å²) in [5.41, 5.74) is 3.03. The van der Waals surface area contributed by atoms with E-state index in [2.05, 4.69) is 16.0 Å². The third kappa shape index (κ3) is 1.80. The van der Waals surface area contributed by atoms with Crippen molar-refractivity contribution in [2.45, 2.75) is 0 Å². The Morgan fingerprint density at radius 2 is 1.83 bits per heavy atom. The highest BCUT2D eigenvalue weighted by atomic mass is 14.8. The molecule has 3 nitrogen and oxygen atoms in total. The zero-order chi connectivity index (χ0) is 12.4. The minimum absolute atomic E-state index is 0.593. The molecule has 3 heteroatoms. The van der Waals surface area contributed by atoms with Crippen LogP contribution < -0.4 is 0 Å². The van der Waals surface area contributed by atoms with E-state index in [4.69, 9.17) is 5.26 Å². The molecule has 0 saturated carbocycles. The quantitative estimate of drug-likeness (QED) is 0.646. The van der Waals surface area contributed by atoms with Crippen LogP contribution in [0.4, 0.5) is 0 Å². The van der Waals surface area contributed by atoms with Gasteiger partial charge in [-0.3, -0.25) is 4.98 Å². The maximum Gasteiger partial charge on any atom is 0.0992 e. The van der Waals surface area contributed by atoms with E-state index in [1.165, 1.54) is 0 Å². The third-order valence-electron chi connectivity index (χ3n) is 2.75. The zero-order valence-electron chi connectivity index (χ0n) is 9.54. The van der Waals surface area contributed by atoms with E-state index in [0.29, 0.717) is 5.56 Å². The molecule has 0 amide bonds. The fraction of sp³-hybridized carbons (Fsp3) is 0. The Morgan fingerprint density at radius 3 is 2.72 bits per heavy atom. The summed E-state index contributed by atoms with van der Waals surface area (Å²) in [6, 6.07) is 17.4. The normalized spacial score (nSPS) is 10.2. The van der Waals surface area contributed by atoms with Crippen molar-refractivity contribution in [3.63, 3.8) is 0 Å². The maximum absolute atomic E-state index is 8.88. The molecule has 2 heterocycles. The van der Waals surface area contributed by atoms with Gasteiger partial charge in [-0.05, 0) is 24.3 Å². The first-order valence-electron chi connectivity index (χ1n) is 5.59. The molecule has 0 saturated heterocycles. The number of para-hydroxylation sites is 1. The maximum atomic E-state index is 8.88. The van der Waals surface area contributed by atoms with Gasteiger partial charge in [-0.25, -0.2) is 4.98 Å². The van der Waals surface area contributed by atoms with E-state index in [-0.39, 0.29) is 0 Å². The molecule has 0 aliphatic heterocycles. The lowest BCUT2D eigenvalue weighted by atomic mass is 10.1. The van der Waals surface area contributed by atoms with Crippen LogP contribution in [0.5, 0.6) is 0 Å². The van der Waals surface area contributed by atoms with Crippen molar-refractivity contribution in [2.75, 3.05) is 0 Å². The van der Waals surface area contributed by atoms with Gasteiger partial charge in [-0.1, -0.05) is 24.3 Å². The molecule has 3 rings (SSSR count). The Morgan fingerprint density at radius 1 is 0.944 bits per heavy atom. The molecule has 84 valence electrons. The van der Waals surface area contributed by atoms with E-state index >= 15 is 0 Å². The SMILES string of the molecule is N#Cc1ccnc(-c2ccc3ccccc3n2)c1. The smallest absolute Gasteiger partial charge is 0.0992 e. The number of nitrogens with zero attached hydrogens (tertiary/aromatic N) is 3. The van der Waals surface area contributed by atoms with Gasteiger partial charge in [-0.2, -0.15) is 5.26 Å². The number of benzene rings is 1. The summed E-state index contributed by atoms with van der Waals surface area (Å²) in [7, 11) is 0. The van der Waals surface area contributed by atoms with Crippen LogP contribution in [0, 0.1) is 11.3 Å². The summed E-state index contributed by atoms with van der Waals surface area (Å²) in [4.78, 5) is 8.80.